The molecule has 0 amide bonds. The molecule has 0 aromatic carbocycles. The molecular weight excluding hydrogens is 304 g/mol. The third-order valence-electron chi connectivity index (χ3n) is 6.76. The zero-order valence-corrected chi connectivity index (χ0v) is 16.1. The Morgan fingerprint density at radius 1 is 0.583 bits per heavy atom. The van der Waals surface area contributed by atoms with Crippen molar-refractivity contribution in [1.29, 1.82) is 0 Å². The molecular formula is C20H34O4. The van der Waals surface area contributed by atoms with E-state index < -0.39 is 11.9 Å². The fourth-order valence-corrected chi connectivity index (χ4v) is 4.38. The molecule has 2 rings (SSSR count). The second-order valence-corrected chi connectivity index (χ2v) is 8.52. The lowest BCUT2D eigenvalue weighted by molar-refractivity contribution is -0.184. The first-order chi connectivity index (χ1) is 11.2. The molecule has 2 aliphatic rings. The van der Waals surface area contributed by atoms with Crippen molar-refractivity contribution in [2.45, 2.75) is 79.4 Å². The quantitative estimate of drug-likeness (QED) is 0.559. The van der Waals surface area contributed by atoms with Crippen molar-refractivity contribution in [2.75, 3.05) is 0 Å². The van der Waals surface area contributed by atoms with Crippen LogP contribution in [0.5, 0.6) is 0 Å². The van der Waals surface area contributed by atoms with E-state index in [1.807, 2.05) is 0 Å². The summed E-state index contributed by atoms with van der Waals surface area (Å²) >= 11 is 0. The van der Waals surface area contributed by atoms with Crippen molar-refractivity contribution in [2.24, 2.45) is 35.5 Å². The number of carbonyl (C=O) groups is 2. The summed E-state index contributed by atoms with van der Waals surface area (Å²) in [5.41, 5.74) is 0. The minimum absolute atomic E-state index is 0.186. The minimum Gasteiger partial charge on any atom is -0.453 e. The second-order valence-electron chi connectivity index (χ2n) is 8.52. The van der Waals surface area contributed by atoms with Gasteiger partial charge in [-0.05, 0) is 61.2 Å². The van der Waals surface area contributed by atoms with Crippen LogP contribution in [0.1, 0.15) is 67.2 Å². The molecule has 4 heteroatoms. The molecule has 0 aromatic heterocycles. The summed E-state index contributed by atoms with van der Waals surface area (Å²) in [6.45, 7) is 12.8. The zero-order chi connectivity index (χ0) is 18.0. The van der Waals surface area contributed by atoms with E-state index in [9.17, 15) is 9.59 Å². The number of carbonyl (C=O) groups excluding carboxylic acids is 2. The summed E-state index contributed by atoms with van der Waals surface area (Å²) in [7, 11) is 0. The lowest BCUT2D eigenvalue weighted by Crippen LogP contribution is -2.43. The van der Waals surface area contributed by atoms with Crippen LogP contribution in [0, 0.1) is 35.5 Å². The van der Waals surface area contributed by atoms with Crippen LogP contribution >= 0.6 is 0 Å². The maximum Gasteiger partial charge on any atom is 0.417 e. The average Bonchev–Trinajstić information content (AvgIpc) is 2.55. The van der Waals surface area contributed by atoms with Crippen LogP contribution in [-0.2, 0) is 19.1 Å². The Balaban J connectivity index is 1.95. The van der Waals surface area contributed by atoms with E-state index in [4.69, 9.17) is 9.47 Å². The van der Waals surface area contributed by atoms with Crippen molar-refractivity contribution in [3.05, 3.63) is 0 Å². The molecule has 0 spiro atoms. The summed E-state index contributed by atoms with van der Waals surface area (Å²) in [5, 5.41) is 0. The van der Waals surface area contributed by atoms with E-state index in [1.165, 1.54) is 0 Å². The number of hydrogen-bond acceptors (Lipinski definition) is 4. The molecule has 4 nitrogen and oxygen atoms in total. The van der Waals surface area contributed by atoms with Gasteiger partial charge in [0.15, 0.2) is 0 Å². The summed E-state index contributed by atoms with van der Waals surface area (Å²) in [6, 6.07) is 0. The minimum atomic E-state index is -0.814. The van der Waals surface area contributed by atoms with Gasteiger partial charge in [0.2, 0.25) is 0 Å². The smallest absolute Gasteiger partial charge is 0.417 e. The molecule has 2 saturated carbocycles. The van der Waals surface area contributed by atoms with Crippen LogP contribution in [-0.4, -0.2) is 24.1 Å². The first kappa shape index (κ1) is 19.3. The van der Waals surface area contributed by atoms with E-state index in [1.54, 1.807) is 0 Å². The topological polar surface area (TPSA) is 52.6 Å². The first-order valence-electron chi connectivity index (χ1n) is 9.63. The predicted molar refractivity (Wildman–Crippen MR) is 93.2 cm³/mol. The summed E-state index contributed by atoms with van der Waals surface area (Å²) in [4.78, 5) is 24.6. The molecule has 24 heavy (non-hydrogen) atoms. The van der Waals surface area contributed by atoms with Gasteiger partial charge in [0.05, 0.1) is 0 Å². The Morgan fingerprint density at radius 2 is 0.875 bits per heavy atom. The summed E-state index contributed by atoms with van der Waals surface area (Å²) in [6.07, 6.45) is 3.99. The third-order valence-corrected chi connectivity index (χ3v) is 6.76. The van der Waals surface area contributed by atoms with E-state index in [-0.39, 0.29) is 24.0 Å². The van der Waals surface area contributed by atoms with Crippen molar-refractivity contribution < 1.29 is 19.1 Å². The highest BCUT2D eigenvalue weighted by Crippen LogP contribution is 2.37. The first-order valence-corrected chi connectivity index (χ1v) is 9.63. The van der Waals surface area contributed by atoms with Crippen molar-refractivity contribution in [3.8, 4) is 0 Å². The van der Waals surface area contributed by atoms with Gasteiger partial charge in [-0.3, -0.25) is 0 Å². The van der Waals surface area contributed by atoms with Gasteiger partial charge in [0, 0.05) is 0 Å². The molecule has 8 unspecified atom stereocenters. The monoisotopic (exact) mass is 338 g/mol. The highest BCUT2D eigenvalue weighted by molar-refractivity contribution is 6.29. The van der Waals surface area contributed by atoms with Crippen molar-refractivity contribution in [1.82, 2.24) is 0 Å². The Hall–Kier alpha value is -1.06. The number of esters is 2. The van der Waals surface area contributed by atoms with Gasteiger partial charge in [-0.1, -0.05) is 41.5 Å². The van der Waals surface area contributed by atoms with Gasteiger partial charge in [-0.25, -0.2) is 9.59 Å². The van der Waals surface area contributed by atoms with Gasteiger partial charge in [0.1, 0.15) is 12.2 Å². The van der Waals surface area contributed by atoms with Gasteiger partial charge in [-0.15, -0.1) is 0 Å². The van der Waals surface area contributed by atoms with Crippen LogP contribution in [0.25, 0.3) is 0 Å². The highest BCUT2D eigenvalue weighted by atomic mass is 16.6. The molecule has 0 saturated heterocycles. The maximum absolute atomic E-state index is 12.3. The lowest BCUT2D eigenvalue weighted by atomic mass is 9.74. The molecule has 0 N–H and O–H groups in total. The van der Waals surface area contributed by atoms with E-state index in [0.29, 0.717) is 23.7 Å². The highest BCUT2D eigenvalue weighted by Gasteiger charge is 2.39. The molecule has 138 valence electrons. The zero-order valence-electron chi connectivity index (χ0n) is 16.1. The molecule has 0 aliphatic heterocycles. The Morgan fingerprint density at radius 3 is 1.21 bits per heavy atom. The second kappa shape index (κ2) is 7.88. The van der Waals surface area contributed by atoms with E-state index in [2.05, 4.69) is 41.5 Å². The van der Waals surface area contributed by atoms with Crippen molar-refractivity contribution in [3.63, 3.8) is 0 Å². The van der Waals surface area contributed by atoms with Crippen LogP contribution in [0.2, 0.25) is 0 Å². The van der Waals surface area contributed by atoms with Crippen molar-refractivity contribution >= 4 is 11.9 Å². The normalized spacial score (nSPS) is 43.1. The largest absolute Gasteiger partial charge is 0.453 e. The molecule has 0 aromatic rings. The Kier molecular flexibility index (Phi) is 6.33. The molecule has 0 heterocycles. The SMILES string of the molecule is CC1CCC(C)C(OC(=O)C(=O)OC2C(C)CCC(C)C2C)C1C. The van der Waals surface area contributed by atoms with Crippen LogP contribution in [0.3, 0.4) is 0 Å². The third kappa shape index (κ3) is 4.12. The molecule has 2 aliphatic carbocycles. The number of hydrogen-bond donors (Lipinski definition) is 0. The molecule has 8 atom stereocenters. The Bertz CT molecular complexity index is 419. The van der Waals surface area contributed by atoms with Gasteiger partial charge in [0.25, 0.3) is 0 Å². The molecule has 2 fully saturated rings. The van der Waals surface area contributed by atoms with E-state index >= 15 is 0 Å². The van der Waals surface area contributed by atoms with Crippen LogP contribution in [0.4, 0.5) is 0 Å². The summed E-state index contributed by atoms with van der Waals surface area (Å²) < 4.78 is 11.1. The maximum atomic E-state index is 12.3. The number of ether oxygens (including phenoxy) is 2. The van der Waals surface area contributed by atoms with Gasteiger partial charge >= 0.3 is 11.9 Å². The molecule has 0 radical (unpaired) electrons. The van der Waals surface area contributed by atoms with Gasteiger partial charge in [-0.2, -0.15) is 0 Å². The average molecular weight is 338 g/mol. The van der Waals surface area contributed by atoms with Gasteiger partial charge < -0.3 is 9.47 Å². The molecule has 0 bridgehead atoms. The van der Waals surface area contributed by atoms with Crippen LogP contribution in [0.15, 0.2) is 0 Å². The predicted octanol–water partition coefficient (Wildman–Crippen LogP) is 4.21. The summed E-state index contributed by atoms with van der Waals surface area (Å²) in [5.74, 6) is 0.525. The number of rotatable bonds is 2. The van der Waals surface area contributed by atoms with E-state index in [0.717, 1.165) is 25.7 Å². The van der Waals surface area contributed by atoms with Crippen LogP contribution < -0.4 is 0 Å². The Labute approximate surface area is 146 Å². The standard InChI is InChI=1S/C20H34O4/c1-11-7-9-13(3)17(15(11)5)23-19(21)20(22)24-18-14(4)10-8-12(2)16(18)6/h11-18H,7-10H2,1-6H3. The fourth-order valence-electron chi connectivity index (χ4n) is 4.38. The lowest BCUT2D eigenvalue weighted by Gasteiger charge is -2.39. The fraction of sp³-hybridized carbons (Fsp3) is 0.900.